The summed E-state index contributed by atoms with van der Waals surface area (Å²) in [5, 5.41) is 6.56. The fourth-order valence-electron chi connectivity index (χ4n) is 1.82. The third-order valence-corrected chi connectivity index (χ3v) is 2.76. The van der Waals surface area contributed by atoms with Gasteiger partial charge in [0.2, 0.25) is 0 Å². The number of nitrogens with zero attached hydrogens (tertiary/aromatic N) is 1. The first-order chi connectivity index (χ1) is 7.34. The molecule has 0 radical (unpaired) electrons. The number of hydrogen-bond acceptors (Lipinski definition) is 3. The van der Waals surface area contributed by atoms with Crippen molar-refractivity contribution >= 4 is 30.6 Å². The van der Waals surface area contributed by atoms with Crippen LogP contribution in [-0.2, 0) is 0 Å². The van der Waals surface area contributed by atoms with Crippen molar-refractivity contribution in [2.45, 2.75) is 12.8 Å². The molecule has 0 atom stereocenters. The van der Waals surface area contributed by atoms with Gasteiger partial charge in [0.05, 0.1) is 6.20 Å². The van der Waals surface area contributed by atoms with Crippen molar-refractivity contribution in [3.63, 3.8) is 0 Å². The van der Waals surface area contributed by atoms with Gasteiger partial charge in [0, 0.05) is 6.54 Å². The molecule has 1 saturated heterocycles. The van der Waals surface area contributed by atoms with Crippen molar-refractivity contribution in [2.24, 2.45) is 5.92 Å². The fraction of sp³-hybridized carbons (Fsp3) is 0.545. The van der Waals surface area contributed by atoms with Crippen molar-refractivity contribution in [3.05, 3.63) is 24.1 Å². The molecule has 6 heteroatoms. The zero-order chi connectivity index (χ0) is 10.5. The molecule has 1 aliphatic rings. The van der Waals surface area contributed by atoms with E-state index in [1.54, 1.807) is 6.07 Å². The molecule has 2 heterocycles. The van der Waals surface area contributed by atoms with Crippen LogP contribution >= 0.6 is 24.8 Å². The molecular formula is C11H18Cl2FN3. The molecule has 0 aromatic carbocycles. The molecule has 0 saturated carbocycles. The number of aromatic nitrogens is 1. The average molecular weight is 282 g/mol. The topological polar surface area (TPSA) is 37.0 Å². The predicted octanol–water partition coefficient (Wildman–Crippen LogP) is 2.48. The lowest BCUT2D eigenvalue weighted by molar-refractivity contribution is 0.389. The van der Waals surface area contributed by atoms with Crippen LogP contribution in [0.15, 0.2) is 18.3 Å². The summed E-state index contributed by atoms with van der Waals surface area (Å²) in [6.07, 6.45) is 3.65. The first-order valence-corrected chi connectivity index (χ1v) is 5.41. The smallest absolute Gasteiger partial charge is 0.141 e. The number of hydrogen-bond donors (Lipinski definition) is 2. The van der Waals surface area contributed by atoms with E-state index in [9.17, 15) is 4.39 Å². The van der Waals surface area contributed by atoms with E-state index < -0.39 is 0 Å². The van der Waals surface area contributed by atoms with Crippen LogP contribution in [0.5, 0.6) is 0 Å². The van der Waals surface area contributed by atoms with Crippen molar-refractivity contribution in [1.82, 2.24) is 10.3 Å². The Morgan fingerprint density at radius 2 is 2.00 bits per heavy atom. The van der Waals surface area contributed by atoms with Crippen LogP contribution in [0.4, 0.5) is 10.2 Å². The van der Waals surface area contributed by atoms with E-state index >= 15 is 0 Å². The number of nitrogens with one attached hydrogen (secondary N) is 2. The van der Waals surface area contributed by atoms with Crippen molar-refractivity contribution in [1.29, 1.82) is 0 Å². The monoisotopic (exact) mass is 281 g/mol. The van der Waals surface area contributed by atoms with Gasteiger partial charge in [0.15, 0.2) is 0 Å². The molecule has 1 aliphatic heterocycles. The predicted molar refractivity (Wildman–Crippen MR) is 72.8 cm³/mol. The third-order valence-electron chi connectivity index (χ3n) is 2.76. The van der Waals surface area contributed by atoms with Crippen LogP contribution in [-0.4, -0.2) is 24.6 Å². The highest BCUT2D eigenvalue weighted by Gasteiger charge is 2.12. The van der Waals surface area contributed by atoms with Gasteiger partial charge < -0.3 is 10.6 Å². The van der Waals surface area contributed by atoms with Gasteiger partial charge in [-0.25, -0.2) is 9.37 Å². The van der Waals surface area contributed by atoms with E-state index in [0.717, 1.165) is 25.5 Å². The van der Waals surface area contributed by atoms with Crippen LogP contribution in [0.25, 0.3) is 0 Å². The van der Waals surface area contributed by atoms with Gasteiger partial charge in [0.1, 0.15) is 11.6 Å². The summed E-state index contributed by atoms with van der Waals surface area (Å²) in [5.74, 6) is 1.18. The van der Waals surface area contributed by atoms with Gasteiger partial charge in [-0.1, -0.05) is 0 Å². The maximum absolute atomic E-state index is 12.6. The molecule has 0 amide bonds. The Kier molecular flexibility index (Phi) is 8.21. The molecule has 0 aliphatic carbocycles. The number of anilines is 1. The van der Waals surface area contributed by atoms with Gasteiger partial charge in [0.25, 0.3) is 0 Å². The van der Waals surface area contributed by atoms with E-state index in [-0.39, 0.29) is 30.6 Å². The summed E-state index contributed by atoms with van der Waals surface area (Å²) in [5.41, 5.74) is 0. The van der Waals surface area contributed by atoms with Crippen LogP contribution in [0.3, 0.4) is 0 Å². The van der Waals surface area contributed by atoms with Crippen molar-refractivity contribution in [2.75, 3.05) is 25.0 Å². The Morgan fingerprint density at radius 3 is 2.59 bits per heavy atom. The molecule has 0 unspecified atom stereocenters. The summed E-state index contributed by atoms with van der Waals surface area (Å²) in [6, 6.07) is 3.11. The number of halogens is 3. The van der Waals surface area contributed by atoms with Crippen LogP contribution in [0.1, 0.15) is 12.8 Å². The van der Waals surface area contributed by atoms with E-state index in [4.69, 9.17) is 0 Å². The number of pyridine rings is 1. The lowest BCUT2D eigenvalue weighted by Gasteiger charge is -2.22. The molecule has 1 aromatic rings. The Labute approximate surface area is 113 Å². The second kappa shape index (κ2) is 8.50. The molecule has 0 spiro atoms. The number of piperidine rings is 1. The highest BCUT2D eigenvalue weighted by atomic mass is 35.5. The minimum absolute atomic E-state index is 0. The first-order valence-electron chi connectivity index (χ1n) is 5.41. The molecule has 98 valence electrons. The zero-order valence-corrected chi connectivity index (χ0v) is 11.1. The van der Waals surface area contributed by atoms with Crippen LogP contribution in [0, 0.1) is 11.7 Å². The fourth-order valence-corrected chi connectivity index (χ4v) is 1.82. The van der Waals surface area contributed by atoms with Gasteiger partial charge in [-0.3, -0.25) is 0 Å². The van der Waals surface area contributed by atoms with Crippen molar-refractivity contribution < 1.29 is 4.39 Å². The minimum atomic E-state index is -0.289. The van der Waals surface area contributed by atoms with Crippen LogP contribution < -0.4 is 10.6 Å². The highest BCUT2D eigenvalue weighted by Crippen LogP contribution is 2.12. The number of rotatable bonds is 3. The van der Waals surface area contributed by atoms with E-state index in [1.165, 1.54) is 25.1 Å². The van der Waals surface area contributed by atoms with Crippen LogP contribution in [0.2, 0.25) is 0 Å². The summed E-state index contributed by atoms with van der Waals surface area (Å²) in [4.78, 5) is 3.96. The molecule has 3 nitrogen and oxygen atoms in total. The Morgan fingerprint density at radius 1 is 1.29 bits per heavy atom. The molecule has 1 fully saturated rings. The maximum Gasteiger partial charge on any atom is 0.141 e. The standard InChI is InChI=1S/C11H16FN3.2ClH/c12-10-1-2-11(15-8-10)14-7-9-3-5-13-6-4-9;;/h1-2,8-9,13H,3-7H2,(H,14,15);2*1H. The molecular weight excluding hydrogens is 264 g/mol. The summed E-state index contributed by atoms with van der Waals surface area (Å²) < 4.78 is 12.6. The van der Waals surface area contributed by atoms with Crippen molar-refractivity contribution in [3.8, 4) is 0 Å². The normalized spacial score (nSPS) is 15.6. The average Bonchev–Trinajstić information content (AvgIpc) is 2.30. The van der Waals surface area contributed by atoms with E-state index in [1.807, 2.05) is 0 Å². The summed E-state index contributed by atoms with van der Waals surface area (Å²) in [7, 11) is 0. The first kappa shape index (κ1) is 16.4. The largest absolute Gasteiger partial charge is 0.370 e. The SMILES string of the molecule is Cl.Cl.Fc1ccc(NCC2CCNCC2)nc1. The quantitative estimate of drug-likeness (QED) is 0.894. The molecule has 2 rings (SSSR count). The minimum Gasteiger partial charge on any atom is -0.370 e. The Bertz CT molecular complexity index is 302. The summed E-state index contributed by atoms with van der Waals surface area (Å²) >= 11 is 0. The third kappa shape index (κ3) is 5.52. The lowest BCUT2D eigenvalue weighted by atomic mass is 9.98. The van der Waals surface area contributed by atoms with E-state index in [2.05, 4.69) is 15.6 Å². The summed E-state index contributed by atoms with van der Waals surface area (Å²) in [6.45, 7) is 3.13. The Hall–Kier alpha value is -0.580. The molecule has 17 heavy (non-hydrogen) atoms. The van der Waals surface area contributed by atoms with E-state index in [0.29, 0.717) is 5.92 Å². The highest BCUT2D eigenvalue weighted by molar-refractivity contribution is 5.85. The molecule has 0 bridgehead atoms. The van der Waals surface area contributed by atoms with Gasteiger partial charge in [-0.2, -0.15) is 0 Å². The maximum atomic E-state index is 12.6. The second-order valence-corrected chi connectivity index (χ2v) is 3.94. The molecule has 1 aromatic heterocycles. The Balaban J connectivity index is 0.00000128. The van der Waals surface area contributed by atoms with Gasteiger partial charge >= 0.3 is 0 Å². The van der Waals surface area contributed by atoms with Gasteiger partial charge in [-0.15, -0.1) is 24.8 Å². The zero-order valence-electron chi connectivity index (χ0n) is 9.49. The second-order valence-electron chi connectivity index (χ2n) is 3.94. The van der Waals surface area contributed by atoms with Gasteiger partial charge in [-0.05, 0) is 44.0 Å². The lowest BCUT2D eigenvalue weighted by Crippen LogP contribution is -2.31. The molecule has 2 N–H and O–H groups in total.